The molecule has 6 heteroatoms. The van der Waals surface area contributed by atoms with Crippen molar-refractivity contribution in [1.82, 2.24) is 10.2 Å². The van der Waals surface area contributed by atoms with Crippen LogP contribution in [0.25, 0.3) is 0 Å². The molecule has 1 aromatic heterocycles. The standard InChI is InChI=1S/C7H13N3OS2/c1-5(13(3)11)4-8-7-10-9-6(2)12-7/h5H,4H2,1-3H3,(H,8,10). The van der Waals surface area contributed by atoms with Crippen molar-refractivity contribution >= 4 is 27.3 Å². The van der Waals surface area contributed by atoms with Crippen LogP contribution < -0.4 is 5.32 Å². The summed E-state index contributed by atoms with van der Waals surface area (Å²) < 4.78 is 11.0. The number of anilines is 1. The number of aromatic nitrogens is 2. The molecule has 2 unspecified atom stereocenters. The molecule has 0 aliphatic carbocycles. The molecule has 0 aromatic carbocycles. The molecule has 0 saturated carbocycles. The first-order chi connectivity index (χ1) is 6.09. The molecule has 2 atom stereocenters. The van der Waals surface area contributed by atoms with E-state index in [0.29, 0.717) is 6.54 Å². The molecule has 0 aliphatic rings. The number of aryl methyl sites for hydroxylation is 1. The molecule has 4 nitrogen and oxygen atoms in total. The molecule has 0 radical (unpaired) electrons. The van der Waals surface area contributed by atoms with Gasteiger partial charge in [-0.3, -0.25) is 4.21 Å². The summed E-state index contributed by atoms with van der Waals surface area (Å²) in [6.45, 7) is 4.53. The van der Waals surface area contributed by atoms with Gasteiger partial charge in [0.15, 0.2) is 0 Å². The minimum absolute atomic E-state index is 0.143. The molecule has 0 saturated heterocycles. The van der Waals surface area contributed by atoms with E-state index >= 15 is 0 Å². The molecular formula is C7H13N3OS2. The van der Waals surface area contributed by atoms with Crippen LogP contribution in [0.15, 0.2) is 0 Å². The third kappa shape index (κ3) is 3.40. The van der Waals surface area contributed by atoms with Crippen LogP contribution in [0.1, 0.15) is 11.9 Å². The van der Waals surface area contributed by atoms with Crippen LogP contribution in [0.5, 0.6) is 0 Å². The number of hydrogen-bond acceptors (Lipinski definition) is 5. The number of nitrogens with one attached hydrogen (secondary N) is 1. The maximum atomic E-state index is 11.0. The zero-order valence-corrected chi connectivity index (χ0v) is 9.54. The summed E-state index contributed by atoms with van der Waals surface area (Å²) in [5.41, 5.74) is 0. The fourth-order valence-corrected chi connectivity index (χ4v) is 1.63. The van der Waals surface area contributed by atoms with Crippen molar-refractivity contribution in [3.05, 3.63) is 5.01 Å². The van der Waals surface area contributed by atoms with E-state index in [1.54, 1.807) is 6.26 Å². The summed E-state index contributed by atoms with van der Waals surface area (Å²) in [6.07, 6.45) is 1.71. The van der Waals surface area contributed by atoms with Gasteiger partial charge in [0.05, 0.1) is 0 Å². The Labute approximate surface area is 84.2 Å². The highest BCUT2D eigenvalue weighted by Crippen LogP contribution is 2.13. The van der Waals surface area contributed by atoms with E-state index in [1.165, 1.54) is 11.3 Å². The number of nitrogens with zero attached hydrogens (tertiary/aromatic N) is 2. The fraction of sp³-hybridized carbons (Fsp3) is 0.714. The van der Waals surface area contributed by atoms with Crippen molar-refractivity contribution in [2.24, 2.45) is 0 Å². The molecule has 1 N–H and O–H groups in total. The Bertz CT molecular complexity index is 300. The fourth-order valence-electron chi connectivity index (χ4n) is 0.716. The second-order valence-corrected chi connectivity index (χ2v) is 5.80. The molecular weight excluding hydrogens is 206 g/mol. The normalized spacial score (nSPS) is 15.3. The molecule has 0 spiro atoms. The van der Waals surface area contributed by atoms with Crippen LogP contribution in [0.3, 0.4) is 0 Å². The van der Waals surface area contributed by atoms with Crippen LogP contribution >= 0.6 is 11.3 Å². The molecule has 0 amide bonds. The zero-order chi connectivity index (χ0) is 9.84. The summed E-state index contributed by atoms with van der Waals surface area (Å²) >= 11 is 1.51. The first-order valence-corrected chi connectivity index (χ1v) is 6.39. The Morgan fingerprint density at radius 1 is 1.62 bits per heavy atom. The summed E-state index contributed by atoms with van der Waals surface area (Å²) in [4.78, 5) is 0. The van der Waals surface area contributed by atoms with Crippen LogP contribution in [0, 0.1) is 6.92 Å². The quantitative estimate of drug-likeness (QED) is 0.821. The highest BCUT2D eigenvalue weighted by Gasteiger charge is 2.06. The Morgan fingerprint density at radius 2 is 2.31 bits per heavy atom. The Hall–Kier alpha value is -0.490. The predicted molar refractivity (Wildman–Crippen MR) is 56.7 cm³/mol. The van der Waals surface area contributed by atoms with E-state index < -0.39 is 10.8 Å². The first-order valence-electron chi connectivity index (χ1n) is 3.96. The highest BCUT2D eigenvalue weighted by molar-refractivity contribution is 7.84. The second kappa shape index (κ2) is 4.66. The molecule has 0 bridgehead atoms. The van der Waals surface area contributed by atoms with Crippen LogP contribution in [0.2, 0.25) is 0 Å². The van der Waals surface area contributed by atoms with Crippen molar-refractivity contribution in [3.63, 3.8) is 0 Å². The maximum Gasteiger partial charge on any atom is 0.205 e. The largest absolute Gasteiger partial charge is 0.359 e. The van der Waals surface area contributed by atoms with Crippen molar-refractivity contribution < 1.29 is 4.21 Å². The Morgan fingerprint density at radius 3 is 2.77 bits per heavy atom. The lowest BCUT2D eigenvalue weighted by Gasteiger charge is -2.07. The van der Waals surface area contributed by atoms with Crippen molar-refractivity contribution in [3.8, 4) is 0 Å². The first kappa shape index (κ1) is 10.6. The van der Waals surface area contributed by atoms with E-state index in [2.05, 4.69) is 15.5 Å². The summed E-state index contributed by atoms with van der Waals surface area (Å²) in [7, 11) is -0.783. The topological polar surface area (TPSA) is 54.9 Å². The predicted octanol–water partition coefficient (Wildman–Crippen LogP) is 1.03. The van der Waals surface area contributed by atoms with Crippen LogP contribution in [-0.4, -0.2) is 32.5 Å². The number of rotatable bonds is 4. The van der Waals surface area contributed by atoms with Gasteiger partial charge in [-0.2, -0.15) is 0 Å². The lowest BCUT2D eigenvalue weighted by Crippen LogP contribution is -2.20. The molecule has 1 rings (SSSR count). The van der Waals surface area contributed by atoms with Gasteiger partial charge in [-0.05, 0) is 13.8 Å². The van der Waals surface area contributed by atoms with Crippen molar-refractivity contribution in [1.29, 1.82) is 0 Å². The van der Waals surface area contributed by atoms with Gasteiger partial charge in [0.1, 0.15) is 5.01 Å². The van der Waals surface area contributed by atoms with Gasteiger partial charge in [0.2, 0.25) is 5.13 Å². The average molecular weight is 219 g/mol. The van der Waals surface area contributed by atoms with Gasteiger partial charge in [-0.25, -0.2) is 0 Å². The second-order valence-electron chi connectivity index (χ2n) is 2.82. The van der Waals surface area contributed by atoms with Gasteiger partial charge in [-0.15, -0.1) is 10.2 Å². The van der Waals surface area contributed by atoms with Gasteiger partial charge in [0, 0.05) is 28.9 Å². The van der Waals surface area contributed by atoms with E-state index in [9.17, 15) is 4.21 Å². The lowest BCUT2D eigenvalue weighted by molar-refractivity contribution is 0.679. The van der Waals surface area contributed by atoms with Crippen LogP contribution in [-0.2, 0) is 10.8 Å². The van der Waals surface area contributed by atoms with E-state index in [0.717, 1.165) is 10.1 Å². The number of hydrogen-bond donors (Lipinski definition) is 1. The van der Waals surface area contributed by atoms with Gasteiger partial charge >= 0.3 is 0 Å². The Kier molecular flexibility index (Phi) is 3.80. The van der Waals surface area contributed by atoms with Crippen molar-refractivity contribution in [2.45, 2.75) is 19.1 Å². The molecule has 0 fully saturated rings. The lowest BCUT2D eigenvalue weighted by atomic mass is 10.5. The van der Waals surface area contributed by atoms with E-state index in [-0.39, 0.29) is 5.25 Å². The van der Waals surface area contributed by atoms with Gasteiger partial charge in [0.25, 0.3) is 0 Å². The molecule has 1 aromatic rings. The van der Waals surface area contributed by atoms with Gasteiger partial charge < -0.3 is 5.32 Å². The van der Waals surface area contributed by atoms with E-state index in [1.807, 2.05) is 13.8 Å². The smallest absolute Gasteiger partial charge is 0.205 e. The minimum atomic E-state index is -0.783. The summed E-state index contributed by atoms with van der Waals surface area (Å²) in [5.74, 6) is 0. The molecule has 13 heavy (non-hydrogen) atoms. The average Bonchev–Trinajstić information content (AvgIpc) is 2.47. The summed E-state index contributed by atoms with van der Waals surface area (Å²) in [5, 5.41) is 12.8. The summed E-state index contributed by atoms with van der Waals surface area (Å²) in [6, 6.07) is 0. The van der Waals surface area contributed by atoms with Crippen LogP contribution in [0.4, 0.5) is 5.13 Å². The highest BCUT2D eigenvalue weighted by atomic mass is 32.2. The van der Waals surface area contributed by atoms with E-state index in [4.69, 9.17) is 0 Å². The molecule has 74 valence electrons. The monoisotopic (exact) mass is 219 g/mol. The SMILES string of the molecule is Cc1nnc(NCC(C)S(C)=O)s1. The van der Waals surface area contributed by atoms with Gasteiger partial charge in [-0.1, -0.05) is 11.3 Å². The maximum absolute atomic E-state index is 11.0. The Balaban J connectivity index is 2.39. The van der Waals surface area contributed by atoms with Crippen molar-refractivity contribution in [2.75, 3.05) is 18.1 Å². The minimum Gasteiger partial charge on any atom is -0.359 e. The molecule has 0 aliphatic heterocycles. The zero-order valence-electron chi connectivity index (χ0n) is 7.90. The molecule has 1 heterocycles. The third-order valence-corrected chi connectivity index (χ3v) is 3.73. The third-order valence-electron chi connectivity index (χ3n) is 1.63.